The highest BCUT2D eigenvalue weighted by molar-refractivity contribution is 9.10. The maximum atomic E-state index is 9.54. The number of aliphatic hydroxyl groups is 1. The number of nitrogens with zero attached hydrogens (tertiary/aromatic N) is 2. The summed E-state index contributed by atoms with van der Waals surface area (Å²) in [6, 6.07) is 3.81. The van der Waals surface area contributed by atoms with Gasteiger partial charge in [0.05, 0.1) is 24.5 Å². The summed E-state index contributed by atoms with van der Waals surface area (Å²) in [6.07, 6.45) is 2.29. The smallest absolute Gasteiger partial charge is 0.156 e. The molecule has 0 amide bonds. The second kappa shape index (κ2) is 5.98. The van der Waals surface area contributed by atoms with E-state index in [1.54, 1.807) is 20.0 Å². The molecule has 1 aromatic rings. The van der Waals surface area contributed by atoms with Gasteiger partial charge in [0, 0.05) is 17.1 Å². The van der Waals surface area contributed by atoms with Crippen molar-refractivity contribution in [2.45, 2.75) is 32.0 Å². The summed E-state index contributed by atoms with van der Waals surface area (Å²) < 4.78 is 6.34. The Morgan fingerprint density at radius 2 is 2.32 bits per heavy atom. The van der Waals surface area contributed by atoms with Gasteiger partial charge >= 0.3 is 0 Å². The average molecular weight is 329 g/mol. The van der Waals surface area contributed by atoms with E-state index in [1.165, 1.54) is 0 Å². The molecule has 2 rings (SSSR count). The predicted octanol–water partition coefficient (Wildman–Crippen LogP) is 2.12. The zero-order valence-corrected chi connectivity index (χ0v) is 12.6. The minimum Gasteiger partial charge on any atom is -0.389 e. The van der Waals surface area contributed by atoms with Crippen LogP contribution in [0, 0.1) is 0 Å². The van der Waals surface area contributed by atoms with Crippen LogP contribution in [0.25, 0.3) is 0 Å². The summed E-state index contributed by atoms with van der Waals surface area (Å²) in [5.74, 6) is 0. The first-order valence-electron chi connectivity index (χ1n) is 6.09. The maximum Gasteiger partial charge on any atom is 0.156 e. The number of pyridine rings is 1. The summed E-state index contributed by atoms with van der Waals surface area (Å²) >= 11 is 3.34. The van der Waals surface area contributed by atoms with Gasteiger partial charge in [-0.25, -0.2) is 0 Å². The van der Waals surface area contributed by atoms with Gasteiger partial charge in [0.1, 0.15) is 5.71 Å². The number of rotatable bonds is 5. The van der Waals surface area contributed by atoms with Crippen molar-refractivity contribution in [3.63, 3.8) is 0 Å². The molecule has 0 radical (unpaired) electrons. The van der Waals surface area contributed by atoms with Gasteiger partial charge in [-0.05, 0) is 41.9 Å². The van der Waals surface area contributed by atoms with E-state index >= 15 is 0 Å². The van der Waals surface area contributed by atoms with Crippen LogP contribution in [0.15, 0.2) is 28.0 Å². The maximum absolute atomic E-state index is 9.54. The normalized spacial score (nSPS) is 19.2. The van der Waals surface area contributed by atoms with Gasteiger partial charge in [0.2, 0.25) is 0 Å². The van der Waals surface area contributed by atoms with Crippen molar-refractivity contribution < 1.29 is 14.7 Å². The van der Waals surface area contributed by atoms with Crippen LogP contribution in [-0.2, 0) is 9.57 Å². The molecule has 0 saturated carbocycles. The van der Waals surface area contributed by atoms with E-state index in [1.807, 2.05) is 12.1 Å². The summed E-state index contributed by atoms with van der Waals surface area (Å²) in [6.45, 7) is 4.10. The van der Waals surface area contributed by atoms with Crippen molar-refractivity contribution in [3.8, 4) is 0 Å². The van der Waals surface area contributed by atoms with Gasteiger partial charge in [-0.1, -0.05) is 5.16 Å². The van der Waals surface area contributed by atoms with Crippen molar-refractivity contribution in [2.24, 2.45) is 5.16 Å². The van der Waals surface area contributed by atoms with E-state index in [-0.39, 0.29) is 12.7 Å². The fourth-order valence-electron chi connectivity index (χ4n) is 1.66. The summed E-state index contributed by atoms with van der Waals surface area (Å²) in [5, 5.41) is 13.6. The number of aromatic nitrogens is 1. The van der Waals surface area contributed by atoms with Crippen LogP contribution < -0.4 is 0 Å². The second-order valence-corrected chi connectivity index (χ2v) is 6.07. The van der Waals surface area contributed by atoms with Crippen molar-refractivity contribution in [3.05, 3.63) is 28.5 Å². The molecule has 2 heterocycles. The Hall–Kier alpha value is -0.980. The Balaban J connectivity index is 1.81. The molecular formula is C13H17BrN2O3. The molecule has 19 heavy (non-hydrogen) atoms. The summed E-state index contributed by atoms with van der Waals surface area (Å²) in [4.78, 5) is 9.57. The first kappa shape index (κ1) is 14.4. The zero-order chi connectivity index (χ0) is 13.9. The van der Waals surface area contributed by atoms with Crippen molar-refractivity contribution in [1.82, 2.24) is 4.98 Å². The standard InChI is InChI=1S/C13H17BrN2O3/c1-13(2,17)8-18-7-10-5-12(16-19-10)11-4-3-9(14)6-15-11/h3-4,6,10,17H,5,7-8H2,1-2H3/t10-/m0/s1. The third-order valence-electron chi connectivity index (χ3n) is 2.52. The lowest BCUT2D eigenvalue weighted by Crippen LogP contribution is -2.28. The van der Waals surface area contributed by atoms with Gasteiger partial charge in [-0.15, -0.1) is 0 Å². The molecule has 0 aromatic carbocycles. The van der Waals surface area contributed by atoms with E-state index in [0.29, 0.717) is 13.0 Å². The highest BCUT2D eigenvalue weighted by Crippen LogP contribution is 2.17. The molecule has 104 valence electrons. The molecule has 5 nitrogen and oxygen atoms in total. The molecule has 0 aliphatic carbocycles. The number of halogens is 1. The van der Waals surface area contributed by atoms with Gasteiger partial charge in [0.25, 0.3) is 0 Å². The predicted molar refractivity (Wildman–Crippen MR) is 75.1 cm³/mol. The summed E-state index contributed by atoms with van der Waals surface area (Å²) in [7, 11) is 0. The minimum absolute atomic E-state index is 0.109. The molecule has 1 atom stereocenters. The highest BCUT2D eigenvalue weighted by Gasteiger charge is 2.24. The Labute approximate surface area is 120 Å². The number of hydrogen-bond acceptors (Lipinski definition) is 5. The SMILES string of the molecule is CC(C)(O)COC[C@@H]1CC(c2ccc(Br)cn2)=NO1. The first-order valence-corrected chi connectivity index (χ1v) is 6.88. The lowest BCUT2D eigenvalue weighted by atomic mass is 10.1. The Bertz CT molecular complexity index is 454. The highest BCUT2D eigenvalue weighted by atomic mass is 79.9. The van der Waals surface area contributed by atoms with Crippen LogP contribution >= 0.6 is 15.9 Å². The largest absolute Gasteiger partial charge is 0.389 e. The zero-order valence-electron chi connectivity index (χ0n) is 11.0. The van der Waals surface area contributed by atoms with Crippen LogP contribution in [0.3, 0.4) is 0 Å². The second-order valence-electron chi connectivity index (χ2n) is 5.16. The molecule has 1 aromatic heterocycles. The quantitative estimate of drug-likeness (QED) is 0.899. The lowest BCUT2D eigenvalue weighted by Gasteiger charge is -2.18. The Kier molecular flexibility index (Phi) is 4.54. The molecule has 6 heteroatoms. The number of oxime groups is 1. The fraction of sp³-hybridized carbons (Fsp3) is 0.538. The molecular weight excluding hydrogens is 312 g/mol. The van der Waals surface area contributed by atoms with Crippen molar-refractivity contribution >= 4 is 21.6 Å². The summed E-state index contributed by atoms with van der Waals surface area (Å²) in [5.41, 5.74) is 0.813. The average Bonchev–Trinajstić information content (AvgIpc) is 2.77. The molecule has 0 bridgehead atoms. The van der Waals surface area contributed by atoms with Gasteiger partial charge < -0.3 is 14.7 Å². The van der Waals surface area contributed by atoms with E-state index in [4.69, 9.17) is 9.57 Å². The van der Waals surface area contributed by atoms with Crippen molar-refractivity contribution in [2.75, 3.05) is 13.2 Å². The van der Waals surface area contributed by atoms with Crippen LogP contribution in [0.4, 0.5) is 0 Å². The van der Waals surface area contributed by atoms with Gasteiger partial charge in [0.15, 0.2) is 6.10 Å². The van der Waals surface area contributed by atoms with E-state index in [0.717, 1.165) is 15.9 Å². The third-order valence-corrected chi connectivity index (χ3v) is 2.98. The van der Waals surface area contributed by atoms with E-state index in [2.05, 4.69) is 26.1 Å². The fourth-order valence-corrected chi connectivity index (χ4v) is 1.89. The molecule has 1 aliphatic heterocycles. The Morgan fingerprint density at radius 1 is 1.53 bits per heavy atom. The van der Waals surface area contributed by atoms with E-state index in [9.17, 15) is 5.11 Å². The number of ether oxygens (including phenoxy) is 1. The molecule has 1 N–H and O–H groups in total. The third kappa shape index (κ3) is 4.56. The van der Waals surface area contributed by atoms with Crippen LogP contribution in [0.1, 0.15) is 26.0 Å². The Morgan fingerprint density at radius 3 is 2.95 bits per heavy atom. The minimum atomic E-state index is -0.824. The van der Waals surface area contributed by atoms with Crippen LogP contribution in [-0.4, -0.2) is 40.7 Å². The van der Waals surface area contributed by atoms with Crippen LogP contribution in [0.2, 0.25) is 0 Å². The van der Waals surface area contributed by atoms with Gasteiger partial charge in [-0.2, -0.15) is 0 Å². The van der Waals surface area contributed by atoms with Crippen molar-refractivity contribution in [1.29, 1.82) is 0 Å². The van der Waals surface area contributed by atoms with Crippen LogP contribution in [0.5, 0.6) is 0 Å². The molecule has 0 saturated heterocycles. The number of hydrogen-bond donors (Lipinski definition) is 1. The lowest BCUT2D eigenvalue weighted by molar-refractivity contribution is -0.0557. The van der Waals surface area contributed by atoms with E-state index < -0.39 is 5.60 Å². The molecule has 1 aliphatic rings. The van der Waals surface area contributed by atoms with Gasteiger partial charge in [-0.3, -0.25) is 4.98 Å². The molecule has 0 fully saturated rings. The topological polar surface area (TPSA) is 63.9 Å². The first-order chi connectivity index (χ1) is 8.94. The monoisotopic (exact) mass is 328 g/mol. The molecule has 0 unspecified atom stereocenters. The molecule has 0 spiro atoms.